The third-order valence-electron chi connectivity index (χ3n) is 4.92. The fourth-order valence-corrected chi connectivity index (χ4v) is 3.12. The van der Waals surface area contributed by atoms with Gasteiger partial charge in [-0.1, -0.05) is 0 Å². The zero-order chi connectivity index (χ0) is 20.8. The van der Waals surface area contributed by atoms with Gasteiger partial charge in [-0.05, 0) is 44.0 Å². The van der Waals surface area contributed by atoms with E-state index in [9.17, 15) is 9.59 Å². The first-order valence-electron chi connectivity index (χ1n) is 9.11. The van der Waals surface area contributed by atoms with Crippen LogP contribution < -0.4 is 5.32 Å². The number of hydrogen-bond acceptors (Lipinski definition) is 4. The molecule has 0 bridgehead atoms. The molecule has 9 nitrogen and oxygen atoms in total. The molecule has 0 radical (unpaired) electrons. The van der Waals surface area contributed by atoms with Gasteiger partial charge in [0.2, 0.25) is 5.91 Å². The summed E-state index contributed by atoms with van der Waals surface area (Å²) < 4.78 is 0. The van der Waals surface area contributed by atoms with E-state index >= 15 is 0 Å². The molecule has 0 spiro atoms. The van der Waals surface area contributed by atoms with Crippen LogP contribution in [-0.2, 0) is 16.0 Å². The summed E-state index contributed by atoms with van der Waals surface area (Å²) in [6.07, 6.45) is 0.620. The number of aromatic amines is 1. The minimum Gasteiger partial charge on any atom is -0.483 e. The molecule has 2 heterocycles. The number of piperazine rings is 1. The summed E-state index contributed by atoms with van der Waals surface area (Å²) in [6, 6.07) is 3.55. The van der Waals surface area contributed by atoms with Crippen LogP contribution in [0, 0.1) is 13.8 Å². The third-order valence-corrected chi connectivity index (χ3v) is 4.92. The lowest BCUT2D eigenvalue weighted by atomic mass is 10.1. The number of benzene rings is 1. The number of amides is 3. The largest absolute Gasteiger partial charge is 0.483 e. The van der Waals surface area contributed by atoms with E-state index in [4.69, 9.17) is 9.90 Å². The number of H-pyrrole nitrogens is 1. The average molecular weight is 389 g/mol. The van der Waals surface area contributed by atoms with Crippen molar-refractivity contribution in [2.24, 2.45) is 0 Å². The Morgan fingerprint density at radius 3 is 2.68 bits per heavy atom. The predicted octanol–water partition coefficient (Wildman–Crippen LogP) is 1.30. The first kappa shape index (κ1) is 21.2. The van der Waals surface area contributed by atoms with Crippen LogP contribution in [0.2, 0.25) is 0 Å². The molecular formula is C19H27N5O4. The monoisotopic (exact) mass is 389 g/mol. The Balaban J connectivity index is 0.000000878. The first-order valence-corrected chi connectivity index (χ1v) is 9.11. The molecule has 1 aliphatic heterocycles. The van der Waals surface area contributed by atoms with Gasteiger partial charge in [0.15, 0.2) is 0 Å². The molecule has 3 rings (SSSR count). The van der Waals surface area contributed by atoms with Crippen molar-refractivity contribution in [3.8, 4) is 0 Å². The lowest BCUT2D eigenvalue weighted by molar-refractivity contribution is -0.137. The zero-order valence-electron chi connectivity index (χ0n) is 16.7. The van der Waals surface area contributed by atoms with Crippen LogP contribution in [0.1, 0.15) is 23.9 Å². The fraction of sp³-hybridized carbons (Fsp3) is 0.474. The molecule has 1 saturated heterocycles. The summed E-state index contributed by atoms with van der Waals surface area (Å²) in [6.45, 7) is 7.26. The summed E-state index contributed by atoms with van der Waals surface area (Å²) in [4.78, 5) is 43.8. The van der Waals surface area contributed by atoms with Crippen molar-refractivity contribution in [3.63, 3.8) is 0 Å². The minimum atomic E-state index is -0.420. The Bertz CT molecular complexity index is 824. The van der Waals surface area contributed by atoms with Crippen LogP contribution in [0.15, 0.2) is 12.1 Å². The molecule has 1 aromatic heterocycles. The van der Waals surface area contributed by atoms with Crippen molar-refractivity contribution >= 4 is 29.4 Å². The van der Waals surface area contributed by atoms with Crippen molar-refractivity contribution in [3.05, 3.63) is 29.1 Å². The van der Waals surface area contributed by atoms with Gasteiger partial charge in [0, 0.05) is 33.1 Å². The number of carbonyl (C=O) groups is 3. The molecule has 1 unspecified atom stereocenters. The third kappa shape index (κ3) is 4.79. The number of hydrogen-bond donors (Lipinski definition) is 3. The number of aryl methyl sites for hydroxylation is 2. The topological polar surface area (TPSA) is 119 Å². The van der Waals surface area contributed by atoms with Gasteiger partial charge in [0.25, 0.3) is 6.47 Å². The van der Waals surface area contributed by atoms with Crippen molar-refractivity contribution in [2.75, 3.05) is 26.7 Å². The van der Waals surface area contributed by atoms with E-state index in [1.165, 1.54) is 11.1 Å². The summed E-state index contributed by atoms with van der Waals surface area (Å²) >= 11 is 0. The maximum absolute atomic E-state index is 12.3. The molecule has 1 aliphatic rings. The number of nitrogens with one attached hydrogen (secondary N) is 2. The highest BCUT2D eigenvalue weighted by Gasteiger charge is 2.32. The van der Waals surface area contributed by atoms with Gasteiger partial charge in [0.05, 0.1) is 11.0 Å². The van der Waals surface area contributed by atoms with Gasteiger partial charge in [-0.25, -0.2) is 9.78 Å². The molecule has 28 heavy (non-hydrogen) atoms. The molecular weight excluding hydrogens is 362 g/mol. The van der Waals surface area contributed by atoms with E-state index < -0.39 is 6.04 Å². The summed E-state index contributed by atoms with van der Waals surface area (Å²) in [5.74, 6) is 0.826. The number of likely N-dealkylation sites (N-methyl/N-ethyl adjacent to an activating group) is 1. The molecule has 3 N–H and O–H groups in total. The molecule has 2 aromatic rings. The van der Waals surface area contributed by atoms with E-state index in [2.05, 4.69) is 41.3 Å². The normalized spacial score (nSPS) is 16.6. The Kier molecular flexibility index (Phi) is 6.97. The van der Waals surface area contributed by atoms with Gasteiger partial charge in [-0.15, -0.1) is 0 Å². The SMILES string of the molecule is Cc1cc2nc(CCNC(=O)N3CCN(C)C(=O)C3C)[nH]c2cc1C.O=CO. The molecule has 0 aliphatic carbocycles. The number of nitrogens with zero attached hydrogens (tertiary/aromatic N) is 3. The van der Waals surface area contributed by atoms with Crippen LogP contribution >= 0.6 is 0 Å². The minimum absolute atomic E-state index is 0.0237. The lowest BCUT2D eigenvalue weighted by Crippen LogP contribution is -2.58. The van der Waals surface area contributed by atoms with Crippen molar-refractivity contribution < 1.29 is 19.5 Å². The van der Waals surface area contributed by atoms with Crippen molar-refractivity contribution in [2.45, 2.75) is 33.2 Å². The summed E-state index contributed by atoms with van der Waals surface area (Å²) in [5, 5.41) is 9.78. The number of aromatic nitrogens is 2. The van der Waals surface area contributed by atoms with E-state index in [0.717, 1.165) is 16.9 Å². The predicted molar refractivity (Wildman–Crippen MR) is 105 cm³/mol. The Morgan fingerprint density at radius 1 is 1.36 bits per heavy atom. The van der Waals surface area contributed by atoms with E-state index in [0.29, 0.717) is 26.1 Å². The average Bonchev–Trinajstić information content (AvgIpc) is 3.02. The van der Waals surface area contributed by atoms with Gasteiger partial charge in [0.1, 0.15) is 11.9 Å². The van der Waals surface area contributed by atoms with Crippen LogP contribution in [0.5, 0.6) is 0 Å². The van der Waals surface area contributed by atoms with E-state index in [-0.39, 0.29) is 18.4 Å². The van der Waals surface area contributed by atoms with E-state index in [1.54, 1.807) is 23.8 Å². The van der Waals surface area contributed by atoms with Crippen LogP contribution in [0.4, 0.5) is 4.79 Å². The number of urea groups is 1. The zero-order valence-corrected chi connectivity index (χ0v) is 16.7. The van der Waals surface area contributed by atoms with Gasteiger partial charge in [-0.3, -0.25) is 9.59 Å². The van der Waals surface area contributed by atoms with Crippen LogP contribution in [0.3, 0.4) is 0 Å². The van der Waals surface area contributed by atoms with Gasteiger partial charge >= 0.3 is 6.03 Å². The second kappa shape index (κ2) is 9.20. The molecule has 1 aromatic carbocycles. The van der Waals surface area contributed by atoms with Gasteiger partial charge in [-0.2, -0.15) is 0 Å². The van der Waals surface area contributed by atoms with Crippen LogP contribution in [0.25, 0.3) is 11.0 Å². The number of rotatable bonds is 3. The molecule has 1 fully saturated rings. The summed E-state index contributed by atoms with van der Waals surface area (Å²) in [7, 11) is 1.76. The number of carboxylic acid groups (broad SMARTS) is 1. The molecule has 9 heteroatoms. The lowest BCUT2D eigenvalue weighted by Gasteiger charge is -2.37. The highest BCUT2D eigenvalue weighted by Crippen LogP contribution is 2.17. The van der Waals surface area contributed by atoms with E-state index in [1.807, 2.05) is 0 Å². The van der Waals surface area contributed by atoms with Gasteiger partial charge < -0.3 is 25.2 Å². The number of carbonyl (C=O) groups excluding carboxylic acids is 2. The first-order chi connectivity index (χ1) is 13.3. The standard InChI is InChI=1S/C18H25N5O2.CH2O2/c1-11-9-14-15(10-12(11)2)21-16(20-14)5-6-19-18(25)23-8-7-22(4)17(24)13(23)3;2-1-3/h9-10,13H,5-8H2,1-4H3,(H,19,25)(H,20,21);1H,(H,2,3). The maximum atomic E-state index is 12.3. The smallest absolute Gasteiger partial charge is 0.318 e. The van der Waals surface area contributed by atoms with Crippen LogP contribution in [-0.4, -0.2) is 76.0 Å². The highest BCUT2D eigenvalue weighted by atomic mass is 16.3. The molecule has 0 saturated carbocycles. The second-order valence-corrected chi connectivity index (χ2v) is 6.85. The summed E-state index contributed by atoms with van der Waals surface area (Å²) in [5.41, 5.74) is 4.41. The number of imidazole rings is 1. The number of fused-ring (bicyclic) bond motifs is 1. The quantitative estimate of drug-likeness (QED) is 0.684. The van der Waals surface area contributed by atoms with Crippen molar-refractivity contribution in [1.82, 2.24) is 25.1 Å². The Hall–Kier alpha value is -3.10. The van der Waals surface area contributed by atoms with Crippen molar-refractivity contribution in [1.29, 1.82) is 0 Å². The fourth-order valence-electron chi connectivity index (χ4n) is 3.12. The maximum Gasteiger partial charge on any atom is 0.318 e. The Morgan fingerprint density at radius 2 is 2.00 bits per heavy atom. The molecule has 3 amide bonds. The Labute approximate surface area is 163 Å². The second-order valence-electron chi connectivity index (χ2n) is 6.85. The molecule has 1 atom stereocenters. The molecule has 152 valence electrons. The highest BCUT2D eigenvalue weighted by molar-refractivity contribution is 5.87.